The third kappa shape index (κ3) is 27.6. The number of carbonyl (C=O) groups is 6. The number of aromatic nitrogens is 7. The van der Waals surface area contributed by atoms with Crippen molar-refractivity contribution in [3.8, 4) is 0 Å². The molecule has 6 saturated heterocycles. The highest BCUT2D eigenvalue weighted by Crippen LogP contribution is 2.35. The summed E-state index contributed by atoms with van der Waals surface area (Å²) in [5.41, 5.74) is 2.76. The fraction of sp³-hybridized carbons (Fsp3) is 0.692. The fourth-order valence-corrected chi connectivity index (χ4v) is 16.0. The summed E-state index contributed by atoms with van der Waals surface area (Å²) in [5, 5.41) is 25.3. The summed E-state index contributed by atoms with van der Waals surface area (Å²) in [6.07, 6.45) is 26.7. The van der Waals surface area contributed by atoms with Crippen LogP contribution in [0.3, 0.4) is 0 Å². The van der Waals surface area contributed by atoms with Gasteiger partial charge < -0.3 is 79.6 Å². The molecule has 0 radical (unpaired) electrons. The summed E-state index contributed by atoms with van der Waals surface area (Å²) in [6.45, 7) is 34.6. The van der Waals surface area contributed by atoms with Gasteiger partial charge in [-0.05, 0) is 152 Å². The molecule has 6 aromatic rings. The van der Waals surface area contributed by atoms with E-state index < -0.39 is 0 Å². The van der Waals surface area contributed by atoms with Crippen LogP contribution < -0.4 is 31.9 Å². The Morgan fingerprint density at radius 3 is 1.15 bits per heavy atom. The molecule has 6 unspecified atom stereocenters. The number of H-pyrrole nitrogens is 1. The number of likely N-dealkylation sites (N-methyl/N-ethyl adjacent to an activating group) is 6. The van der Waals surface area contributed by atoms with Crippen molar-refractivity contribution in [3.05, 3.63) is 106 Å². The van der Waals surface area contributed by atoms with Gasteiger partial charge in [-0.3, -0.25) is 33.8 Å². The molecule has 0 saturated carbocycles. The Hall–Kier alpha value is -7.32. The predicted octanol–water partition coefficient (Wildman–Crippen LogP) is 9.14. The van der Waals surface area contributed by atoms with Gasteiger partial charge in [0.25, 0.3) is 0 Å². The summed E-state index contributed by atoms with van der Waals surface area (Å²) in [7, 11) is 11.1. The standard InChI is InChI=1S/C13H22N4O.3C13H21N3O2.2C13H21N3OS/c1-13(2)5-4-10(14-3)12(18)17(9-13)8-11-15-6-7-16-11;1-13(2)6-4-11(14-3)12(17)16(9-13)8-10-5-7-15-18-10;1-13(2)5-4-11(14-3)12(17)16(8-13)7-10-6-15-9-18-10;1-13(2)5-4-10(14-3)12(17)16(9-13)8-11-15-6-7-18-11;1-13(2)5-4-11(14-3)12(17)16(8-13)7-10-6-15-9-18-10;1-13(2)5-4-10(14-3)12(17)16(9-13)8-11-15-6-7-18-11/h6-7,10,14H,4-5,8-9H2,1-3H3,(H,15,16);5,7,11,14H,4,6,8-9H2,1-3H3;6,9,11,14H,4-5,7-8H2,1-3H3;6-7,10,14H,4-5,8-9H2,1-3H3;6,9,11,14H,4-5,7-8H2,1-3H3;6-7,10,14H,4-5,8-9H2,1-3H3. The van der Waals surface area contributed by atoms with Gasteiger partial charge in [0.15, 0.2) is 12.2 Å². The molecule has 6 aliphatic rings. The molecule has 108 heavy (non-hydrogen) atoms. The van der Waals surface area contributed by atoms with Crippen LogP contribution in [0, 0.1) is 32.5 Å². The molecule has 6 aliphatic heterocycles. The molecule has 28 nitrogen and oxygen atoms in total. The zero-order valence-electron chi connectivity index (χ0n) is 67.7. The van der Waals surface area contributed by atoms with Crippen molar-refractivity contribution in [1.29, 1.82) is 0 Å². The summed E-state index contributed by atoms with van der Waals surface area (Å²) in [6, 6.07) is 1.37. The van der Waals surface area contributed by atoms with E-state index in [1.807, 2.05) is 88.8 Å². The molecule has 7 N–H and O–H groups in total. The maximum Gasteiger partial charge on any atom is 0.240 e. The van der Waals surface area contributed by atoms with Crippen molar-refractivity contribution < 1.29 is 42.1 Å². The maximum atomic E-state index is 12.4. The van der Waals surface area contributed by atoms with E-state index in [0.29, 0.717) is 45.2 Å². The number of hydrogen-bond acceptors (Lipinski definition) is 23. The summed E-state index contributed by atoms with van der Waals surface area (Å²) >= 11 is 3.22. The zero-order chi connectivity index (χ0) is 79.0. The minimum absolute atomic E-state index is 0.0419. The van der Waals surface area contributed by atoms with Crippen LogP contribution in [-0.4, -0.2) is 218 Å². The molecule has 6 fully saturated rings. The van der Waals surface area contributed by atoms with Crippen LogP contribution in [0.15, 0.2) is 86.3 Å². The number of oxazole rings is 2. The van der Waals surface area contributed by atoms with Gasteiger partial charge >= 0.3 is 0 Å². The Morgan fingerprint density at radius 2 is 0.824 bits per heavy atom. The Kier molecular flexibility index (Phi) is 33.0. The number of nitrogens with zero attached hydrogens (tertiary/aromatic N) is 12. The lowest BCUT2D eigenvalue weighted by atomic mass is 9.87. The highest BCUT2D eigenvalue weighted by atomic mass is 32.1. The van der Waals surface area contributed by atoms with Crippen molar-refractivity contribution >= 4 is 58.1 Å². The van der Waals surface area contributed by atoms with Crippen LogP contribution >= 0.6 is 22.7 Å². The summed E-state index contributed by atoms with van der Waals surface area (Å²) < 4.78 is 15.6. The number of aromatic amines is 1. The lowest BCUT2D eigenvalue weighted by Crippen LogP contribution is -2.44. The number of rotatable bonds is 18. The average molecular weight is 1540 g/mol. The first-order chi connectivity index (χ1) is 51.1. The van der Waals surface area contributed by atoms with Crippen LogP contribution in [0.4, 0.5) is 0 Å². The van der Waals surface area contributed by atoms with Gasteiger partial charge in [-0.15, -0.1) is 22.7 Å². The van der Waals surface area contributed by atoms with Crippen molar-refractivity contribution in [2.45, 2.75) is 236 Å². The molecule has 6 aromatic heterocycles. The van der Waals surface area contributed by atoms with Gasteiger partial charge in [0.1, 0.15) is 22.9 Å². The number of likely N-dealkylation sites (tertiary alicyclic amines) is 6. The van der Waals surface area contributed by atoms with Gasteiger partial charge in [0, 0.05) is 80.4 Å². The zero-order valence-corrected chi connectivity index (χ0v) is 69.4. The molecular weight excluding hydrogens is 1410 g/mol. The van der Waals surface area contributed by atoms with Gasteiger partial charge in [-0.25, -0.2) is 19.9 Å². The van der Waals surface area contributed by atoms with E-state index >= 15 is 0 Å². The second kappa shape index (κ2) is 40.6. The second-order valence-electron chi connectivity index (χ2n) is 34.2. The quantitative estimate of drug-likeness (QED) is 0.0421. The van der Waals surface area contributed by atoms with Crippen LogP contribution in [0.25, 0.3) is 0 Å². The molecule has 30 heteroatoms. The van der Waals surface area contributed by atoms with E-state index in [1.165, 1.54) is 6.39 Å². The third-order valence-electron chi connectivity index (χ3n) is 21.1. The lowest BCUT2D eigenvalue weighted by molar-refractivity contribution is -0.135. The average Bonchev–Trinajstić information content (AvgIpc) is 1.75. The molecule has 6 atom stereocenters. The van der Waals surface area contributed by atoms with Crippen LogP contribution in [0.1, 0.15) is 193 Å². The summed E-state index contributed by atoms with van der Waals surface area (Å²) in [4.78, 5) is 111. The molecule has 12 heterocycles. The number of hydrogen-bond donors (Lipinski definition) is 7. The Bertz CT molecular complexity index is 3020. The second-order valence-corrected chi connectivity index (χ2v) is 36.2. The van der Waals surface area contributed by atoms with Gasteiger partial charge in [0.2, 0.25) is 41.3 Å². The Balaban J connectivity index is 0.000000180. The van der Waals surface area contributed by atoms with E-state index in [-0.39, 0.29) is 104 Å². The number of carbonyl (C=O) groups excluding carboxylic acids is 6. The van der Waals surface area contributed by atoms with Crippen molar-refractivity contribution in [2.24, 2.45) is 32.5 Å². The first-order valence-corrected chi connectivity index (χ1v) is 40.0. The number of amides is 6. The van der Waals surface area contributed by atoms with Crippen molar-refractivity contribution in [1.82, 2.24) is 96.4 Å². The monoisotopic (exact) mass is 1540 g/mol. The lowest BCUT2D eigenvalue weighted by Gasteiger charge is -2.29. The van der Waals surface area contributed by atoms with Crippen LogP contribution in [0.5, 0.6) is 0 Å². The van der Waals surface area contributed by atoms with Crippen LogP contribution in [-0.2, 0) is 68.0 Å². The number of thiazole rings is 2. The molecule has 12 rings (SSSR count). The molecule has 0 bridgehead atoms. The van der Waals surface area contributed by atoms with E-state index in [2.05, 4.69) is 150 Å². The Morgan fingerprint density at radius 1 is 0.426 bits per heavy atom. The van der Waals surface area contributed by atoms with E-state index in [0.717, 1.165) is 144 Å². The molecule has 600 valence electrons. The van der Waals surface area contributed by atoms with E-state index in [4.69, 9.17) is 13.4 Å². The van der Waals surface area contributed by atoms with Gasteiger partial charge in [0.05, 0.1) is 99.6 Å². The van der Waals surface area contributed by atoms with E-state index in [1.54, 1.807) is 72.2 Å². The minimum Gasteiger partial charge on any atom is -0.447 e. The number of imidazole rings is 1. The topological polar surface area (TPSA) is 327 Å². The largest absolute Gasteiger partial charge is 0.447 e. The summed E-state index contributed by atoms with van der Waals surface area (Å²) in [5.74, 6) is 3.95. The predicted molar refractivity (Wildman–Crippen MR) is 420 cm³/mol. The molecule has 6 amide bonds. The number of nitrogens with one attached hydrogen (secondary N) is 7. The van der Waals surface area contributed by atoms with Crippen molar-refractivity contribution in [2.75, 3.05) is 81.6 Å². The molecular formula is C78H127N19O9S2. The minimum atomic E-state index is -0.0956. The van der Waals surface area contributed by atoms with Gasteiger partial charge in [-0.2, -0.15) is 0 Å². The SMILES string of the molecule is CNC1CCC(C)(C)CN(Cc2ccno2)C1=O.CNC1CCC(C)(C)CN(Cc2cnco2)C1=O.CNC1CCC(C)(C)CN(Cc2cncs2)C1=O.CNC1CCC(C)(C)CN(Cc2ncc[nH]2)C1=O.CNC1CCC(C)(C)CN(Cc2ncco2)C1=O.CNC1CCC(C)(C)CN(Cc2nccs2)C1=O. The smallest absolute Gasteiger partial charge is 0.240 e. The highest BCUT2D eigenvalue weighted by Gasteiger charge is 2.40. The molecule has 0 aromatic carbocycles. The van der Waals surface area contributed by atoms with Gasteiger partial charge in [-0.1, -0.05) is 88.2 Å². The normalized spacial score (nSPS) is 24.1. The molecule has 0 spiro atoms. The third-order valence-corrected chi connectivity index (χ3v) is 22.7. The molecule has 0 aliphatic carbocycles. The van der Waals surface area contributed by atoms with Crippen LogP contribution in [0.2, 0.25) is 0 Å². The Labute approximate surface area is 649 Å². The maximum absolute atomic E-state index is 12.4. The van der Waals surface area contributed by atoms with Crippen molar-refractivity contribution in [3.63, 3.8) is 0 Å². The first-order valence-electron chi connectivity index (χ1n) is 38.3. The fourth-order valence-electron chi connectivity index (χ4n) is 14.8. The highest BCUT2D eigenvalue weighted by molar-refractivity contribution is 7.09. The van der Waals surface area contributed by atoms with E-state index in [9.17, 15) is 28.8 Å². The first kappa shape index (κ1) is 87.9.